The molecule has 2 rings (SSSR count). The fourth-order valence-electron chi connectivity index (χ4n) is 2.65. The highest BCUT2D eigenvalue weighted by Gasteiger charge is 2.43. The van der Waals surface area contributed by atoms with E-state index in [1.807, 2.05) is 31.2 Å². The number of hydrogen-bond donors (Lipinski definition) is 0. The maximum atomic E-state index is 12.4. The van der Waals surface area contributed by atoms with Crippen molar-refractivity contribution in [1.82, 2.24) is 0 Å². The molecule has 0 heterocycles. The van der Waals surface area contributed by atoms with E-state index in [0.717, 1.165) is 24.8 Å². The number of ether oxygens (including phenoxy) is 1. The summed E-state index contributed by atoms with van der Waals surface area (Å²) in [6.45, 7) is 1.97. The summed E-state index contributed by atoms with van der Waals surface area (Å²) in [7, 11) is 1.60. The van der Waals surface area contributed by atoms with Crippen LogP contribution in [0.5, 0.6) is 0 Å². The largest absolute Gasteiger partial charge is 0.374 e. The topological polar surface area (TPSA) is 26.3 Å². The molecule has 1 saturated carbocycles. The van der Waals surface area contributed by atoms with Gasteiger partial charge in [0.25, 0.3) is 0 Å². The summed E-state index contributed by atoms with van der Waals surface area (Å²) >= 11 is 6.21. The minimum absolute atomic E-state index is 0.152. The first-order chi connectivity index (χ1) is 8.09. The first-order valence-corrected chi connectivity index (χ1v) is 6.29. The van der Waals surface area contributed by atoms with Crippen molar-refractivity contribution in [2.24, 2.45) is 0 Å². The summed E-state index contributed by atoms with van der Waals surface area (Å²) in [5.41, 5.74) is 0.422. The van der Waals surface area contributed by atoms with Crippen molar-refractivity contribution < 1.29 is 9.53 Å². The number of ketones is 1. The Bertz CT molecular complexity index is 430. The third-order valence-electron chi connectivity index (χ3n) is 3.73. The SMILES string of the molecule is CO[C@@H]1CCC[C@@](C)(c2ccccc2Cl)C1=O. The molecule has 1 aromatic carbocycles. The maximum Gasteiger partial charge on any atom is 0.171 e. The van der Waals surface area contributed by atoms with Crippen molar-refractivity contribution >= 4 is 17.4 Å². The molecule has 1 aliphatic carbocycles. The van der Waals surface area contributed by atoms with Crippen molar-refractivity contribution in [2.75, 3.05) is 7.11 Å². The molecule has 0 amide bonds. The maximum absolute atomic E-state index is 12.4. The van der Waals surface area contributed by atoms with Gasteiger partial charge >= 0.3 is 0 Å². The lowest BCUT2D eigenvalue weighted by molar-refractivity contribution is -0.137. The van der Waals surface area contributed by atoms with Crippen molar-refractivity contribution in [1.29, 1.82) is 0 Å². The Kier molecular flexibility index (Phi) is 3.55. The molecule has 0 aliphatic heterocycles. The molecule has 0 spiro atoms. The van der Waals surface area contributed by atoms with Crippen LogP contribution in [-0.2, 0) is 14.9 Å². The Labute approximate surface area is 107 Å². The molecule has 0 N–H and O–H groups in total. The Morgan fingerprint density at radius 2 is 2.12 bits per heavy atom. The highest BCUT2D eigenvalue weighted by molar-refractivity contribution is 6.31. The third-order valence-corrected chi connectivity index (χ3v) is 4.06. The summed E-state index contributed by atoms with van der Waals surface area (Å²) < 4.78 is 5.27. The van der Waals surface area contributed by atoms with Gasteiger partial charge in [-0.05, 0) is 37.8 Å². The van der Waals surface area contributed by atoms with E-state index in [9.17, 15) is 4.79 Å². The average molecular weight is 253 g/mol. The van der Waals surface area contributed by atoms with Gasteiger partial charge in [0.05, 0.1) is 5.41 Å². The highest BCUT2D eigenvalue weighted by atomic mass is 35.5. The van der Waals surface area contributed by atoms with E-state index >= 15 is 0 Å². The number of methoxy groups -OCH3 is 1. The second-order valence-corrected chi connectivity index (χ2v) is 5.20. The molecule has 1 fully saturated rings. The Morgan fingerprint density at radius 1 is 1.41 bits per heavy atom. The van der Waals surface area contributed by atoms with E-state index in [-0.39, 0.29) is 11.9 Å². The van der Waals surface area contributed by atoms with E-state index < -0.39 is 5.41 Å². The predicted octanol–water partition coefficient (Wildman–Crippen LogP) is 3.37. The molecule has 92 valence electrons. The minimum atomic E-state index is -0.503. The van der Waals surface area contributed by atoms with Crippen LogP contribution in [0.2, 0.25) is 5.02 Å². The molecule has 0 bridgehead atoms. The third kappa shape index (κ3) is 2.12. The van der Waals surface area contributed by atoms with Gasteiger partial charge in [-0.1, -0.05) is 29.8 Å². The van der Waals surface area contributed by atoms with Crippen molar-refractivity contribution in [2.45, 2.75) is 37.7 Å². The number of benzene rings is 1. The van der Waals surface area contributed by atoms with Crippen LogP contribution < -0.4 is 0 Å². The van der Waals surface area contributed by atoms with Crippen LogP contribution in [-0.4, -0.2) is 19.0 Å². The zero-order chi connectivity index (χ0) is 12.5. The van der Waals surface area contributed by atoms with Gasteiger partial charge in [0.1, 0.15) is 6.10 Å². The molecule has 0 aromatic heterocycles. The molecule has 0 saturated heterocycles. The van der Waals surface area contributed by atoms with E-state index in [4.69, 9.17) is 16.3 Å². The van der Waals surface area contributed by atoms with E-state index in [1.54, 1.807) is 7.11 Å². The van der Waals surface area contributed by atoms with Crippen LogP contribution in [0.3, 0.4) is 0 Å². The molecule has 1 aromatic rings. The van der Waals surface area contributed by atoms with E-state index in [0.29, 0.717) is 5.02 Å². The second kappa shape index (κ2) is 4.79. The summed E-state index contributed by atoms with van der Waals surface area (Å²) in [5.74, 6) is 0.152. The lowest BCUT2D eigenvalue weighted by atomic mass is 9.69. The number of carbonyl (C=O) groups is 1. The lowest BCUT2D eigenvalue weighted by Crippen LogP contribution is -2.45. The number of halogens is 1. The normalized spacial score (nSPS) is 29.4. The van der Waals surface area contributed by atoms with Crippen molar-refractivity contribution in [3.05, 3.63) is 34.9 Å². The van der Waals surface area contributed by atoms with Crippen LogP contribution in [0, 0.1) is 0 Å². The zero-order valence-corrected chi connectivity index (χ0v) is 11.0. The van der Waals surface area contributed by atoms with Gasteiger partial charge < -0.3 is 4.74 Å². The van der Waals surface area contributed by atoms with E-state index in [2.05, 4.69) is 0 Å². The Balaban J connectivity index is 2.41. The van der Waals surface area contributed by atoms with Gasteiger partial charge in [-0.3, -0.25) is 4.79 Å². The quantitative estimate of drug-likeness (QED) is 0.807. The monoisotopic (exact) mass is 252 g/mol. The second-order valence-electron chi connectivity index (χ2n) is 4.79. The average Bonchev–Trinajstić information content (AvgIpc) is 2.33. The molecule has 0 unspecified atom stereocenters. The Morgan fingerprint density at radius 3 is 2.76 bits per heavy atom. The molecule has 3 heteroatoms. The fourth-order valence-corrected chi connectivity index (χ4v) is 3.00. The minimum Gasteiger partial charge on any atom is -0.374 e. The van der Waals surface area contributed by atoms with Gasteiger partial charge in [0, 0.05) is 12.1 Å². The number of rotatable bonds is 2. The van der Waals surface area contributed by atoms with Crippen LogP contribution >= 0.6 is 11.6 Å². The Hall–Kier alpha value is -0.860. The smallest absolute Gasteiger partial charge is 0.171 e. The summed E-state index contributed by atoms with van der Waals surface area (Å²) in [5, 5.41) is 0.667. The van der Waals surface area contributed by atoms with E-state index in [1.165, 1.54) is 0 Å². The molecule has 2 atom stereocenters. The van der Waals surface area contributed by atoms with Crippen LogP contribution in [0.15, 0.2) is 24.3 Å². The van der Waals surface area contributed by atoms with Crippen LogP contribution in [0.25, 0.3) is 0 Å². The molecule has 0 radical (unpaired) electrons. The molecular weight excluding hydrogens is 236 g/mol. The number of Topliss-reactive ketones (excluding diaryl/α,β-unsaturated/α-hetero) is 1. The fraction of sp³-hybridized carbons (Fsp3) is 0.500. The van der Waals surface area contributed by atoms with Crippen molar-refractivity contribution in [3.8, 4) is 0 Å². The van der Waals surface area contributed by atoms with Crippen LogP contribution in [0.1, 0.15) is 31.7 Å². The van der Waals surface area contributed by atoms with Gasteiger partial charge in [-0.25, -0.2) is 0 Å². The lowest BCUT2D eigenvalue weighted by Gasteiger charge is -2.36. The molecule has 17 heavy (non-hydrogen) atoms. The zero-order valence-electron chi connectivity index (χ0n) is 10.2. The highest BCUT2D eigenvalue weighted by Crippen LogP contribution is 2.40. The first kappa shape index (κ1) is 12.6. The van der Waals surface area contributed by atoms with Crippen LogP contribution in [0.4, 0.5) is 0 Å². The molecule has 2 nitrogen and oxygen atoms in total. The van der Waals surface area contributed by atoms with Gasteiger partial charge in [-0.2, -0.15) is 0 Å². The number of hydrogen-bond acceptors (Lipinski definition) is 2. The van der Waals surface area contributed by atoms with Gasteiger partial charge in [-0.15, -0.1) is 0 Å². The first-order valence-electron chi connectivity index (χ1n) is 5.91. The number of carbonyl (C=O) groups excluding carboxylic acids is 1. The molecular formula is C14H17ClO2. The van der Waals surface area contributed by atoms with Crippen molar-refractivity contribution in [3.63, 3.8) is 0 Å². The summed E-state index contributed by atoms with van der Waals surface area (Å²) in [6, 6.07) is 7.59. The summed E-state index contributed by atoms with van der Waals surface area (Å²) in [4.78, 5) is 12.4. The van der Waals surface area contributed by atoms with Gasteiger partial charge in [0.2, 0.25) is 0 Å². The molecule has 1 aliphatic rings. The summed E-state index contributed by atoms with van der Waals surface area (Å²) in [6.07, 6.45) is 2.36. The van der Waals surface area contributed by atoms with Gasteiger partial charge in [0.15, 0.2) is 5.78 Å². The standard InChI is InChI=1S/C14H17ClO2/c1-14(10-6-3-4-7-11(10)15)9-5-8-12(17-2)13(14)16/h3-4,6-7,12H,5,8-9H2,1-2H3/t12-,14+/m1/s1. The predicted molar refractivity (Wildman–Crippen MR) is 68.5 cm³/mol.